The maximum atomic E-state index is 12.1. The second kappa shape index (κ2) is 23.2. The van der Waals surface area contributed by atoms with Crippen LogP contribution in [-0.2, 0) is 27.2 Å². The molecule has 4 rings (SSSR count). The standard InChI is InChI=1S/C15H20N2O2.C15H21NO.2C10H18O/c1-15(2,3)14(19)12(16)6-9-8-17-13-5-4-10(18)7-11(9)13;1-15(2,3)8-4-5-11-10-16-14-7-6-12(17)9-13(11)14;1-5-6-7-8-9(11)10(2,3)4;1-5-6-7-8-10(3,4)9(2)11/h4-5,7-8,12,17-18H,6,16H2,1-3H3;6-7,9-10,16-17H,4-5,8H2,1-3H3;2*6-7H,5,8H2,1-4H3/b;;2*7-6-/t12-;;;/m0.../s1. The summed E-state index contributed by atoms with van der Waals surface area (Å²) in [6, 6.07) is 10.1. The summed E-state index contributed by atoms with van der Waals surface area (Å²) in [7, 11) is 0. The van der Waals surface area contributed by atoms with Crippen LogP contribution >= 0.6 is 0 Å². The van der Waals surface area contributed by atoms with E-state index < -0.39 is 11.5 Å². The number of H-pyrrole nitrogens is 2. The molecule has 2 heterocycles. The number of carbonyl (C=O) groups is 3. The van der Waals surface area contributed by atoms with Crippen molar-refractivity contribution in [3.8, 4) is 11.5 Å². The number of aromatic amines is 2. The van der Waals surface area contributed by atoms with Crippen molar-refractivity contribution in [3.05, 3.63) is 84.2 Å². The van der Waals surface area contributed by atoms with Gasteiger partial charge in [-0.05, 0) is 105 Å². The van der Waals surface area contributed by atoms with Crippen LogP contribution in [0.2, 0.25) is 0 Å². The van der Waals surface area contributed by atoms with Gasteiger partial charge in [0.25, 0.3) is 0 Å². The quantitative estimate of drug-likeness (QED) is 0.0850. The van der Waals surface area contributed by atoms with E-state index in [4.69, 9.17) is 5.73 Å². The number of ketones is 3. The molecule has 8 nitrogen and oxygen atoms in total. The Kier molecular flexibility index (Phi) is 20.7. The average Bonchev–Trinajstić information content (AvgIpc) is 3.70. The number of allylic oxidation sites excluding steroid dienone is 4. The minimum atomic E-state index is -0.527. The van der Waals surface area contributed by atoms with Gasteiger partial charge in [-0.15, -0.1) is 0 Å². The molecule has 0 amide bonds. The van der Waals surface area contributed by atoms with Crippen molar-refractivity contribution in [2.75, 3.05) is 0 Å². The molecule has 0 spiro atoms. The largest absolute Gasteiger partial charge is 0.508 e. The molecule has 0 fully saturated rings. The van der Waals surface area contributed by atoms with Gasteiger partial charge in [-0.3, -0.25) is 14.4 Å². The van der Waals surface area contributed by atoms with Gasteiger partial charge in [-0.25, -0.2) is 0 Å². The van der Waals surface area contributed by atoms with Crippen molar-refractivity contribution < 1.29 is 24.6 Å². The minimum Gasteiger partial charge on any atom is -0.508 e. The lowest BCUT2D eigenvalue weighted by Gasteiger charge is -2.21. The molecular weight excluding hydrogens is 723 g/mol. The van der Waals surface area contributed by atoms with E-state index in [-0.39, 0.29) is 28.1 Å². The van der Waals surface area contributed by atoms with Gasteiger partial charge in [-0.1, -0.05) is 114 Å². The van der Waals surface area contributed by atoms with Crippen molar-refractivity contribution in [3.63, 3.8) is 0 Å². The van der Waals surface area contributed by atoms with Crippen molar-refractivity contribution in [2.45, 2.75) is 154 Å². The van der Waals surface area contributed by atoms with E-state index in [0.717, 1.165) is 53.1 Å². The van der Waals surface area contributed by atoms with E-state index in [2.05, 4.69) is 62.9 Å². The number of Topliss-reactive ketones (excluding diaryl/α,β-unsaturated/α-hetero) is 3. The van der Waals surface area contributed by atoms with Crippen molar-refractivity contribution >= 4 is 39.2 Å². The number of aromatic hydroxyl groups is 2. The highest BCUT2D eigenvalue weighted by Crippen LogP contribution is 2.28. The molecule has 0 radical (unpaired) electrons. The molecule has 0 bridgehead atoms. The summed E-state index contributed by atoms with van der Waals surface area (Å²) in [5.41, 5.74) is 9.90. The van der Waals surface area contributed by atoms with Crippen LogP contribution in [-0.4, -0.2) is 43.6 Å². The summed E-state index contributed by atoms with van der Waals surface area (Å²) in [5.74, 6) is 1.17. The van der Waals surface area contributed by atoms with E-state index in [9.17, 15) is 24.6 Å². The van der Waals surface area contributed by atoms with Gasteiger partial charge in [0.2, 0.25) is 0 Å². The summed E-state index contributed by atoms with van der Waals surface area (Å²) in [5, 5.41) is 21.1. The first-order valence-corrected chi connectivity index (χ1v) is 21.0. The summed E-state index contributed by atoms with van der Waals surface area (Å²) in [4.78, 5) is 40.8. The average molecular weight is 800 g/mol. The van der Waals surface area contributed by atoms with Crippen LogP contribution in [0.15, 0.2) is 73.1 Å². The smallest absolute Gasteiger partial charge is 0.155 e. The number of nitrogens with two attached hydrogens (primary N) is 1. The van der Waals surface area contributed by atoms with Gasteiger partial charge in [0.15, 0.2) is 5.78 Å². The van der Waals surface area contributed by atoms with Gasteiger partial charge in [0.1, 0.15) is 23.1 Å². The molecule has 322 valence electrons. The molecule has 2 aromatic heterocycles. The molecule has 8 heteroatoms. The number of aromatic nitrogens is 2. The second-order valence-corrected chi connectivity index (χ2v) is 19.2. The first-order valence-electron chi connectivity index (χ1n) is 21.0. The van der Waals surface area contributed by atoms with Gasteiger partial charge in [0.05, 0.1) is 6.04 Å². The Morgan fingerprint density at radius 1 is 0.707 bits per heavy atom. The maximum Gasteiger partial charge on any atom is 0.155 e. The fourth-order valence-electron chi connectivity index (χ4n) is 5.76. The van der Waals surface area contributed by atoms with E-state index in [0.29, 0.717) is 29.8 Å². The Balaban J connectivity index is 0.000000399. The lowest BCUT2D eigenvalue weighted by atomic mass is 9.84. The SMILES string of the molecule is CC(C)(C)C(=O)[C@@H](N)Cc1c[nH]c2ccc(O)cc12.CC(C)(C)CCCc1c[nH]c2ccc(O)cc12.CC/C=C\CC(=O)C(C)(C)C.CC/C=C\CC(C)(C)C(C)=O. The number of phenolic OH excluding ortho intramolecular Hbond substituents is 2. The highest BCUT2D eigenvalue weighted by atomic mass is 16.3. The molecule has 0 aliphatic heterocycles. The molecule has 6 N–H and O–H groups in total. The third kappa shape index (κ3) is 18.9. The van der Waals surface area contributed by atoms with Crippen molar-refractivity contribution in [2.24, 2.45) is 27.4 Å². The molecule has 0 unspecified atom stereocenters. The van der Waals surface area contributed by atoms with Gasteiger partial charge in [-0.2, -0.15) is 0 Å². The molecule has 0 aliphatic rings. The lowest BCUT2D eigenvalue weighted by Crippen LogP contribution is -2.40. The monoisotopic (exact) mass is 800 g/mol. The highest BCUT2D eigenvalue weighted by Gasteiger charge is 2.28. The molecule has 4 aromatic rings. The Labute approximate surface area is 350 Å². The minimum absolute atomic E-state index is 0.0435. The number of benzene rings is 2. The molecule has 0 saturated carbocycles. The Morgan fingerprint density at radius 2 is 1.19 bits per heavy atom. The van der Waals surface area contributed by atoms with Crippen LogP contribution in [0.4, 0.5) is 0 Å². The van der Waals surface area contributed by atoms with Crippen molar-refractivity contribution in [1.82, 2.24) is 9.97 Å². The molecular formula is C50H77N3O5. The zero-order valence-corrected chi connectivity index (χ0v) is 38.4. The number of hydrogen-bond donors (Lipinski definition) is 5. The number of rotatable bonds is 13. The van der Waals surface area contributed by atoms with Crippen LogP contribution in [0.25, 0.3) is 21.8 Å². The molecule has 58 heavy (non-hydrogen) atoms. The van der Waals surface area contributed by atoms with Crippen LogP contribution in [0, 0.1) is 21.7 Å². The normalized spacial score (nSPS) is 12.7. The number of fused-ring (bicyclic) bond motifs is 2. The zero-order valence-electron chi connectivity index (χ0n) is 38.4. The van der Waals surface area contributed by atoms with Crippen LogP contribution in [0.5, 0.6) is 11.5 Å². The number of nitrogens with one attached hydrogen (secondary N) is 2. The predicted octanol–water partition coefficient (Wildman–Crippen LogP) is 12.5. The van der Waals surface area contributed by atoms with Crippen LogP contribution < -0.4 is 5.73 Å². The summed E-state index contributed by atoms with van der Waals surface area (Å²) < 4.78 is 0. The van der Waals surface area contributed by atoms with Crippen LogP contribution in [0.3, 0.4) is 0 Å². The maximum absolute atomic E-state index is 12.1. The zero-order chi connectivity index (χ0) is 44.5. The van der Waals surface area contributed by atoms with E-state index in [1.165, 1.54) is 18.4 Å². The van der Waals surface area contributed by atoms with E-state index in [1.807, 2.05) is 91.9 Å². The first kappa shape index (κ1) is 51.6. The van der Waals surface area contributed by atoms with Gasteiger partial charge < -0.3 is 25.9 Å². The Hall–Kier alpha value is -4.43. The molecule has 1 atom stereocenters. The van der Waals surface area contributed by atoms with Gasteiger partial charge >= 0.3 is 0 Å². The van der Waals surface area contributed by atoms with Crippen LogP contribution in [0.1, 0.15) is 147 Å². The highest BCUT2D eigenvalue weighted by molar-refractivity contribution is 5.90. The number of phenols is 2. The molecule has 0 aliphatic carbocycles. The summed E-state index contributed by atoms with van der Waals surface area (Å²) >= 11 is 0. The second-order valence-electron chi connectivity index (χ2n) is 19.2. The first-order chi connectivity index (χ1) is 26.7. The van der Waals surface area contributed by atoms with E-state index in [1.54, 1.807) is 25.1 Å². The topological polar surface area (TPSA) is 149 Å². The number of aryl methyl sites for hydroxylation is 1. The lowest BCUT2D eigenvalue weighted by molar-refractivity contribution is -0.127. The third-order valence-corrected chi connectivity index (χ3v) is 9.92. The summed E-state index contributed by atoms with van der Waals surface area (Å²) in [6.45, 7) is 28.1. The Morgan fingerprint density at radius 3 is 1.64 bits per heavy atom. The fraction of sp³-hybridized carbons (Fsp3) is 0.540. The van der Waals surface area contributed by atoms with Crippen molar-refractivity contribution in [1.29, 1.82) is 0 Å². The number of carbonyl (C=O) groups excluding carboxylic acids is 3. The predicted molar refractivity (Wildman–Crippen MR) is 245 cm³/mol. The fourth-order valence-corrected chi connectivity index (χ4v) is 5.76. The van der Waals surface area contributed by atoms with Gasteiger partial charge in [0, 0.05) is 56.9 Å². The van der Waals surface area contributed by atoms with E-state index >= 15 is 0 Å². The third-order valence-electron chi connectivity index (χ3n) is 9.92. The summed E-state index contributed by atoms with van der Waals surface area (Å²) in [6.07, 6.45) is 19.5. The molecule has 0 saturated heterocycles. The number of hydrogen-bond acceptors (Lipinski definition) is 6. The molecule has 2 aromatic carbocycles. The Bertz CT molecular complexity index is 1940.